The molecule has 7 heteroatoms. The number of nitrogens with one attached hydrogen (secondary N) is 2. The SMILES string of the molecule is COCCN1CCC[C@H](Nc2ncc(Cl)c(-c3c[nH]c4ccccc34)n2)C1. The summed E-state index contributed by atoms with van der Waals surface area (Å²) < 4.78 is 5.20. The third-order valence-electron chi connectivity index (χ3n) is 5.04. The maximum atomic E-state index is 6.42. The van der Waals surface area contributed by atoms with Crippen LogP contribution in [0.5, 0.6) is 0 Å². The number of ether oxygens (including phenoxy) is 1. The molecule has 4 rings (SSSR count). The van der Waals surface area contributed by atoms with Crippen molar-refractivity contribution >= 4 is 28.5 Å². The van der Waals surface area contributed by atoms with Gasteiger partial charge in [0.05, 0.1) is 23.5 Å². The number of likely N-dealkylation sites (tertiary alicyclic amines) is 1. The number of piperidine rings is 1. The first-order valence-corrected chi connectivity index (χ1v) is 9.69. The van der Waals surface area contributed by atoms with Crippen LogP contribution in [0.4, 0.5) is 5.95 Å². The van der Waals surface area contributed by atoms with Gasteiger partial charge in [-0.25, -0.2) is 9.97 Å². The van der Waals surface area contributed by atoms with E-state index in [0.717, 1.165) is 61.2 Å². The highest BCUT2D eigenvalue weighted by Crippen LogP contribution is 2.32. The molecule has 1 fully saturated rings. The molecule has 0 radical (unpaired) electrons. The number of nitrogens with zero attached hydrogens (tertiary/aromatic N) is 3. The van der Waals surface area contributed by atoms with Crippen LogP contribution in [0.25, 0.3) is 22.2 Å². The number of aromatic amines is 1. The molecular weight excluding hydrogens is 362 g/mol. The van der Waals surface area contributed by atoms with E-state index < -0.39 is 0 Å². The topological polar surface area (TPSA) is 66.1 Å². The molecular formula is C20H24ClN5O. The fourth-order valence-corrected chi connectivity index (χ4v) is 3.87. The minimum atomic E-state index is 0.326. The summed E-state index contributed by atoms with van der Waals surface area (Å²) in [6.45, 7) is 3.80. The monoisotopic (exact) mass is 385 g/mol. The van der Waals surface area contributed by atoms with Crippen molar-refractivity contribution in [3.8, 4) is 11.3 Å². The lowest BCUT2D eigenvalue weighted by Crippen LogP contribution is -2.43. The number of hydrogen-bond acceptors (Lipinski definition) is 5. The fourth-order valence-electron chi connectivity index (χ4n) is 3.67. The van der Waals surface area contributed by atoms with Gasteiger partial charge < -0.3 is 15.0 Å². The minimum Gasteiger partial charge on any atom is -0.383 e. The molecule has 0 unspecified atom stereocenters. The molecule has 142 valence electrons. The molecule has 0 saturated carbocycles. The van der Waals surface area contributed by atoms with Crippen LogP contribution in [0.2, 0.25) is 5.02 Å². The molecule has 1 aliphatic heterocycles. The average Bonchev–Trinajstić information content (AvgIpc) is 3.12. The van der Waals surface area contributed by atoms with Crippen LogP contribution in [-0.4, -0.2) is 59.2 Å². The zero-order chi connectivity index (χ0) is 18.6. The molecule has 0 amide bonds. The minimum absolute atomic E-state index is 0.326. The van der Waals surface area contributed by atoms with Crippen molar-refractivity contribution in [2.75, 3.05) is 38.7 Å². The smallest absolute Gasteiger partial charge is 0.223 e. The van der Waals surface area contributed by atoms with Gasteiger partial charge in [-0.3, -0.25) is 4.90 Å². The molecule has 1 atom stereocenters. The van der Waals surface area contributed by atoms with E-state index in [4.69, 9.17) is 21.3 Å². The maximum absolute atomic E-state index is 6.42. The van der Waals surface area contributed by atoms with Crippen molar-refractivity contribution in [1.82, 2.24) is 19.9 Å². The van der Waals surface area contributed by atoms with Crippen LogP contribution >= 0.6 is 11.6 Å². The van der Waals surface area contributed by atoms with Gasteiger partial charge in [0.15, 0.2) is 0 Å². The van der Waals surface area contributed by atoms with Crippen LogP contribution in [0, 0.1) is 0 Å². The van der Waals surface area contributed by atoms with Crippen molar-refractivity contribution in [3.05, 3.63) is 41.7 Å². The van der Waals surface area contributed by atoms with E-state index in [9.17, 15) is 0 Å². The number of para-hydroxylation sites is 1. The highest BCUT2D eigenvalue weighted by Gasteiger charge is 2.21. The highest BCUT2D eigenvalue weighted by molar-refractivity contribution is 6.33. The number of methoxy groups -OCH3 is 1. The van der Waals surface area contributed by atoms with Crippen LogP contribution in [0.15, 0.2) is 36.7 Å². The lowest BCUT2D eigenvalue weighted by atomic mass is 10.1. The Kier molecular flexibility index (Phi) is 5.57. The predicted octanol–water partition coefficient (Wildman–Crippen LogP) is 3.80. The molecule has 2 N–H and O–H groups in total. The summed E-state index contributed by atoms with van der Waals surface area (Å²) in [5, 5.41) is 5.15. The molecule has 0 bridgehead atoms. The fraction of sp³-hybridized carbons (Fsp3) is 0.400. The van der Waals surface area contributed by atoms with Gasteiger partial charge in [0.25, 0.3) is 0 Å². The van der Waals surface area contributed by atoms with Crippen molar-refractivity contribution < 1.29 is 4.74 Å². The van der Waals surface area contributed by atoms with E-state index >= 15 is 0 Å². The first kappa shape index (κ1) is 18.2. The second-order valence-corrected chi connectivity index (χ2v) is 7.32. The van der Waals surface area contributed by atoms with Crippen molar-refractivity contribution in [1.29, 1.82) is 0 Å². The number of rotatable bonds is 6. The molecule has 0 spiro atoms. The zero-order valence-corrected chi connectivity index (χ0v) is 16.2. The van der Waals surface area contributed by atoms with E-state index in [2.05, 4.69) is 26.3 Å². The van der Waals surface area contributed by atoms with E-state index in [1.165, 1.54) is 0 Å². The van der Waals surface area contributed by atoms with Crippen LogP contribution in [0.1, 0.15) is 12.8 Å². The predicted molar refractivity (Wildman–Crippen MR) is 109 cm³/mol. The summed E-state index contributed by atoms with van der Waals surface area (Å²) >= 11 is 6.42. The number of hydrogen-bond donors (Lipinski definition) is 2. The molecule has 2 aromatic heterocycles. The van der Waals surface area contributed by atoms with Gasteiger partial charge in [-0.1, -0.05) is 29.8 Å². The van der Waals surface area contributed by atoms with Crippen molar-refractivity contribution in [2.24, 2.45) is 0 Å². The molecule has 1 aromatic carbocycles. The van der Waals surface area contributed by atoms with E-state index in [1.54, 1.807) is 13.3 Å². The maximum Gasteiger partial charge on any atom is 0.223 e. The summed E-state index contributed by atoms with van der Waals surface area (Å²) in [4.78, 5) is 14.8. The second-order valence-electron chi connectivity index (χ2n) is 6.91. The van der Waals surface area contributed by atoms with Crippen LogP contribution < -0.4 is 5.32 Å². The summed E-state index contributed by atoms with van der Waals surface area (Å²) in [5.41, 5.74) is 2.81. The quantitative estimate of drug-likeness (QED) is 0.675. The summed E-state index contributed by atoms with van der Waals surface area (Å²) in [6, 6.07) is 8.47. The molecule has 1 saturated heterocycles. The Labute approximate surface area is 163 Å². The number of halogens is 1. The number of aromatic nitrogens is 3. The lowest BCUT2D eigenvalue weighted by molar-refractivity contribution is 0.131. The van der Waals surface area contributed by atoms with E-state index in [-0.39, 0.29) is 0 Å². The Bertz CT molecular complexity index is 912. The Morgan fingerprint density at radius 1 is 1.37 bits per heavy atom. The normalized spacial score (nSPS) is 18.1. The van der Waals surface area contributed by atoms with Gasteiger partial charge in [-0.05, 0) is 25.5 Å². The first-order chi connectivity index (χ1) is 13.2. The second kappa shape index (κ2) is 8.25. The van der Waals surface area contributed by atoms with Crippen molar-refractivity contribution in [2.45, 2.75) is 18.9 Å². The number of fused-ring (bicyclic) bond motifs is 1. The molecule has 1 aliphatic rings. The van der Waals surface area contributed by atoms with Crippen molar-refractivity contribution in [3.63, 3.8) is 0 Å². The third kappa shape index (κ3) is 4.08. The van der Waals surface area contributed by atoms with Gasteiger partial charge in [-0.2, -0.15) is 0 Å². The zero-order valence-electron chi connectivity index (χ0n) is 15.4. The van der Waals surface area contributed by atoms with Gasteiger partial charge in [0.2, 0.25) is 5.95 Å². The van der Waals surface area contributed by atoms with Crippen LogP contribution in [-0.2, 0) is 4.74 Å². The molecule has 3 heterocycles. The van der Waals surface area contributed by atoms with E-state index in [1.807, 2.05) is 24.4 Å². The lowest BCUT2D eigenvalue weighted by Gasteiger charge is -2.32. The summed E-state index contributed by atoms with van der Waals surface area (Å²) in [7, 11) is 1.74. The first-order valence-electron chi connectivity index (χ1n) is 9.31. The largest absolute Gasteiger partial charge is 0.383 e. The Morgan fingerprint density at radius 3 is 3.15 bits per heavy atom. The standard InChI is InChI=1S/C20H24ClN5O/c1-27-10-9-26-8-4-5-14(13-26)24-20-23-12-17(21)19(25-20)16-11-22-18-7-3-2-6-15(16)18/h2-3,6-7,11-12,14,22H,4-5,8-10,13H2,1H3,(H,23,24,25)/t14-/m0/s1. The summed E-state index contributed by atoms with van der Waals surface area (Å²) in [5.74, 6) is 0.623. The van der Waals surface area contributed by atoms with E-state index in [0.29, 0.717) is 17.0 Å². The number of H-pyrrole nitrogens is 1. The Morgan fingerprint density at radius 2 is 2.26 bits per heavy atom. The van der Waals surface area contributed by atoms with Gasteiger partial charge in [0.1, 0.15) is 0 Å². The third-order valence-corrected chi connectivity index (χ3v) is 5.32. The molecule has 6 nitrogen and oxygen atoms in total. The Balaban J connectivity index is 1.54. The number of benzene rings is 1. The van der Waals surface area contributed by atoms with Gasteiger partial charge in [0, 0.05) is 48.9 Å². The highest BCUT2D eigenvalue weighted by atomic mass is 35.5. The molecule has 0 aliphatic carbocycles. The van der Waals surface area contributed by atoms with Gasteiger partial charge >= 0.3 is 0 Å². The van der Waals surface area contributed by atoms with Gasteiger partial charge in [-0.15, -0.1) is 0 Å². The molecule has 3 aromatic rings. The summed E-state index contributed by atoms with van der Waals surface area (Å²) in [6.07, 6.45) is 5.90. The van der Waals surface area contributed by atoms with Crippen LogP contribution in [0.3, 0.4) is 0 Å². The molecule has 27 heavy (non-hydrogen) atoms. The Hall–Kier alpha value is -2.15. The average molecular weight is 386 g/mol. The number of anilines is 1.